The van der Waals surface area contributed by atoms with Crippen LogP contribution >= 0.6 is 0 Å². The third-order valence-corrected chi connectivity index (χ3v) is 7.80. The second-order valence-corrected chi connectivity index (χ2v) is 10.9. The van der Waals surface area contributed by atoms with Gasteiger partial charge in [0.1, 0.15) is 54.9 Å². The minimum absolute atomic E-state index is 0.0484. The van der Waals surface area contributed by atoms with E-state index in [9.17, 15) is 61.0 Å². The summed E-state index contributed by atoms with van der Waals surface area (Å²) in [6.45, 7) is -1.82. The van der Waals surface area contributed by atoms with Crippen molar-refractivity contribution in [3.63, 3.8) is 0 Å². The number of ether oxygens (including phenoxy) is 4. The largest absolute Gasteiger partial charge is 0.394 e. The summed E-state index contributed by atoms with van der Waals surface area (Å²) in [5, 5.41) is 124. The molecule has 16 atom stereocenters. The molecule has 0 aromatic heterocycles. The summed E-state index contributed by atoms with van der Waals surface area (Å²) in [5.74, 6) is -1.27. The van der Waals surface area contributed by atoms with Gasteiger partial charge >= 0.3 is 0 Å². The molecule has 2 heterocycles. The number of carbonyl (C=O) groups excluding carboxylic acids is 1. The lowest BCUT2D eigenvalue weighted by Gasteiger charge is -2.47. The third kappa shape index (κ3) is 8.12. The van der Waals surface area contributed by atoms with Crippen LogP contribution in [-0.4, -0.2) is 191 Å². The lowest BCUT2D eigenvalue weighted by atomic mass is 9.88. The molecule has 0 amide bonds. The quantitative estimate of drug-likeness (QED) is 0.0841. The fraction of sp³-hybridized carbons (Fsp3) is 0.880. The van der Waals surface area contributed by atoms with Gasteiger partial charge in [0.2, 0.25) is 0 Å². The second kappa shape index (κ2) is 15.8. The number of carbonyl (C=O) groups is 1. The summed E-state index contributed by atoms with van der Waals surface area (Å²) in [5.41, 5.74) is 0.448. The molecule has 0 radical (unpaired) electrons. The third-order valence-electron chi connectivity index (χ3n) is 7.80. The molecule has 18 heteroatoms. The predicted octanol–water partition coefficient (Wildman–Crippen LogP) is -7.69. The van der Waals surface area contributed by atoms with Crippen molar-refractivity contribution < 1.29 is 85.0 Å². The van der Waals surface area contributed by atoms with Crippen molar-refractivity contribution in [2.45, 2.75) is 111 Å². The van der Waals surface area contributed by atoms with Gasteiger partial charge in [0, 0.05) is 0 Å². The molecule has 3 rings (SSSR count). The first-order chi connectivity index (χ1) is 20.3. The van der Waals surface area contributed by atoms with E-state index < -0.39 is 124 Å². The lowest BCUT2D eigenvalue weighted by Crippen LogP contribution is -2.67. The number of aliphatic hydroxyl groups is 12. The molecule has 0 aromatic carbocycles. The number of hydrogen-bond donors (Lipinski definition) is 13. The Labute approximate surface area is 245 Å². The van der Waals surface area contributed by atoms with Crippen LogP contribution in [0.5, 0.6) is 0 Å². The number of aliphatic hydroxyl groups excluding tert-OH is 12. The summed E-state index contributed by atoms with van der Waals surface area (Å²) >= 11 is 0. The van der Waals surface area contributed by atoms with Crippen molar-refractivity contribution in [2.24, 2.45) is 0 Å². The average molecular weight is 630 g/mol. The first-order valence-electron chi connectivity index (χ1n) is 13.8. The molecule has 2 saturated heterocycles. The normalized spacial score (nSPS) is 42.6. The highest BCUT2D eigenvalue weighted by Crippen LogP contribution is 2.31. The van der Waals surface area contributed by atoms with Gasteiger partial charge in [-0.3, -0.25) is 4.79 Å². The van der Waals surface area contributed by atoms with Gasteiger partial charge in [-0.15, -0.1) is 0 Å². The fourth-order valence-electron chi connectivity index (χ4n) is 5.27. The number of nitrogens with one attached hydrogen (secondary N) is 1. The molecule has 18 nitrogen and oxygen atoms in total. The fourth-order valence-corrected chi connectivity index (χ4v) is 5.27. The van der Waals surface area contributed by atoms with Gasteiger partial charge in [-0.25, -0.2) is 0 Å². The van der Waals surface area contributed by atoms with Gasteiger partial charge in [0.05, 0.1) is 56.8 Å². The standard InChI is InChI=1S/C25H43NO17/c1-8-15(26-10-2-9(4-27)3-11(31)16(10)34)18(36)20(38)24(40-8)43-23-14(7-30)41-25(21(39)19(23)37)42-22(13(33)6-29)17(35)12(32)5-28/h2,8,10-16,18-34,36-39H,3-7H2,1H3. The van der Waals surface area contributed by atoms with Gasteiger partial charge < -0.3 is 85.5 Å². The Bertz CT molecular complexity index is 924. The molecule has 0 aromatic rings. The van der Waals surface area contributed by atoms with Crippen LogP contribution in [0.15, 0.2) is 11.6 Å². The van der Waals surface area contributed by atoms with E-state index in [1.807, 2.05) is 0 Å². The predicted molar refractivity (Wildman–Crippen MR) is 138 cm³/mol. The molecule has 2 aliphatic heterocycles. The van der Waals surface area contributed by atoms with Crippen molar-refractivity contribution in [3.8, 4) is 0 Å². The van der Waals surface area contributed by atoms with Gasteiger partial charge in [0.25, 0.3) is 0 Å². The maximum Gasteiger partial charge on any atom is 0.195 e. The topological polar surface area (TPSA) is 309 Å². The Hall–Kier alpha value is -1.27. The molecular formula is C25H43NO17. The van der Waals surface area contributed by atoms with E-state index in [0.29, 0.717) is 5.57 Å². The number of Topliss-reactive ketones (excluding diaryl/α,β-unsaturated/α-hetero) is 1. The molecule has 0 saturated carbocycles. The first kappa shape index (κ1) is 36.2. The number of ketones is 1. The van der Waals surface area contributed by atoms with E-state index in [2.05, 4.69) is 5.32 Å². The second-order valence-electron chi connectivity index (χ2n) is 10.9. The minimum atomic E-state index is -2.02. The molecule has 13 N–H and O–H groups in total. The smallest absolute Gasteiger partial charge is 0.195 e. The minimum Gasteiger partial charge on any atom is -0.394 e. The van der Waals surface area contributed by atoms with Crippen LogP contribution in [0, 0.1) is 0 Å². The SMILES string of the molecule is CC1OC(OC2C(CO)OC(OC(C(=O)C(O)CO)C(O)CO)C(O)C2O)C(O)C(O)C1NC1C=C(CO)CC(O)C1O. The summed E-state index contributed by atoms with van der Waals surface area (Å²) in [4.78, 5) is 12.3. The first-order valence-corrected chi connectivity index (χ1v) is 13.8. The van der Waals surface area contributed by atoms with Crippen LogP contribution in [-0.2, 0) is 23.7 Å². The monoisotopic (exact) mass is 629 g/mol. The Balaban J connectivity index is 1.70. The highest BCUT2D eigenvalue weighted by molar-refractivity contribution is 5.87. The number of hydrogen-bond acceptors (Lipinski definition) is 18. The van der Waals surface area contributed by atoms with Crippen LogP contribution in [0.1, 0.15) is 13.3 Å². The highest BCUT2D eigenvalue weighted by Gasteiger charge is 2.52. The molecule has 3 aliphatic rings. The Kier molecular flexibility index (Phi) is 13.3. The molecule has 43 heavy (non-hydrogen) atoms. The van der Waals surface area contributed by atoms with Crippen LogP contribution in [0.2, 0.25) is 0 Å². The average Bonchev–Trinajstić information content (AvgIpc) is 3.00. The van der Waals surface area contributed by atoms with Crippen molar-refractivity contribution >= 4 is 5.78 Å². The van der Waals surface area contributed by atoms with E-state index in [1.165, 1.54) is 13.0 Å². The Morgan fingerprint density at radius 1 is 0.930 bits per heavy atom. The molecule has 16 unspecified atom stereocenters. The Morgan fingerprint density at radius 3 is 2.16 bits per heavy atom. The van der Waals surface area contributed by atoms with Crippen molar-refractivity contribution in [2.75, 3.05) is 26.4 Å². The maximum atomic E-state index is 12.3. The highest BCUT2D eigenvalue weighted by atomic mass is 16.7. The molecule has 250 valence electrons. The summed E-state index contributed by atoms with van der Waals surface area (Å²) < 4.78 is 22.0. The van der Waals surface area contributed by atoms with E-state index in [4.69, 9.17) is 24.1 Å². The van der Waals surface area contributed by atoms with Crippen molar-refractivity contribution in [1.82, 2.24) is 5.32 Å². The van der Waals surface area contributed by atoms with Crippen LogP contribution in [0.25, 0.3) is 0 Å². The van der Waals surface area contributed by atoms with Crippen molar-refractivity contribution in [3.05, 3.63) is 11.6 Å². The van der Waals surface area contributed by atoms with E-state index in [1.54, 1.807) is 0 Å². The van der Waals surface area contributed by atoms with Crippen LogP contribution < -0.4 is 5.32 Å². The summed E-state index contributed by atoms with van der Waals surface area (Å²) in [6.07, 6.45) is -21.9. The molecule has 0 bridgehead atoms. The van der Waals surface area contributed by atoms with Gasteiger partial charge in [0.15, 0.2) is 18.4 Å². The molecular weight excluding hydrogens is 586 g/mol. The van der Waals surface area contributed by atoms with Crippen LogP contribution in [0.4, 0.5) is 0 Å². The van der Waals surface area contributed by atoms with Gasteiger partial charge in [-0.05, 0) is 18.9 Å². The van der Waals surface area contributed by atoms with Gasteiger partial charge in [-0.2, -0.15) is 0 Å². The van der Waals surface area contributed by atoms with Crippen molar-refractivity contribution in [1.29, 1.82) is 0 Å². The van der Waals surface area contributed by atoms with E-state index in [0.717, 1.165) is 0 Å². The Morgan fingerprint density at radius 2 is 1.58 bits per heavy atom. The zero-order valence-corrected chi connectivity index (χ0v) is 23.3. The van der Waals surface area contributed by atoms with E-state index >= 15 is 0 Å². The number of rotatable bonds is 13. The zero-order valence-electron chi connectivity index (χ0n) is 23.3. The summed E-state index contributed by atoms with van der Waals surface area (Å²) in [7, 11) is 0. The molecule has 2 fully saturated rings. The van der Waals surface area contributed by atoms with E-state index in [-0.39, 0.29) is 13.0 Å². The lowest BCUT2D eigenvalue weighted by molar-refractivity contribution is -0.356. The zero-order chi connectivity index (χ0) is 32.2. The molecule has 1 aliphatic carbocycles. The van der Waals surface area contributed by atoms with Crippen LogP contribution in [0.3, 0.4) is 0 Å². The summed E-state index contributed by atoms with van der Waals surface area (Å²) in [6, 6.07) is -1.94. The van der Waals surface area contributed by atoms with Gasteiger partial charge in [-0.1, -0.05) is 6.08 Å². The maximum absolute atomic E-state index is 12.3. The molecule has 0 spiro atoms.